The van der Waals surface area contributed by atoms with Crippen molar-refractivity contribution < 1.29 is 13.6 Å². The number of rotatable bonds is 2. The maximum atomic E-state index is 13.6. The molecule has 1 heterocycles. The van der Waals surface area contributed by atoms with Gasteiger partial charge in [-0.2, -0.15) is 0 Å². The first kappa shape index (κ1) is 14.6. The van der Waals surface area contributed by atoms with Crippen LogP contribution in [0.25, 0.3) is 10.2 Å². The third-order valence-electron chi connectivity index (χ3n) is 3.50. The molecule has 0 fully saturated rings. The molecule has 1 aromatic heterocycles. The van der Waals surface area contributed by atoms with E-state index in [9.17, 15) is 13.6 Å². The van der Waals surface area contributed by atoms with Gasteiger partial charge in [-0.25, -0.2) is 13.8 Å². The second-order valence-electron chi connectivity index (χ2n) is 4.93. The molecular formula is C16H12F2N2OS. The standard InChI is InChI=1S/C16H12F2N2OS/c1-8-6-7-12-14(9(8)2)19-16(22-12)20-15(21)10-4-3-5-11(17)13(10)18/h3-7H,1-2H3,(H,19,20,21). The topological polar surface area (TPSA) is 42.0 Å². The van der Waals surface area contributed by atoms with Crippen molar-refractivity contribution in [2.24, 2.45) is 0 Å². The van der Waals surface area contributed by atoms with Gasteiger partial charge in [0, 0.05) is 0 Å². The van der Waals surface area contributed by atoms with Crippen LogP contribution >= 0.6 is 11.3 Å². The van der Waals surface area contributed by atoms with Crippen LogP contribution in [0.5, 0.6) is 0 Å². The van der Waals surface area contributed by atoms with Crippen LogP contribution in [0.3, 0.4) is 0 Å². The fourth-order valence-electron chi connectivity index (χ4n) is 2.12. The number of thiazole rings is 1. The minimum Gasteiger partial charge on any atom is -0.298 e. The van der Waals surface area contributed by atoms with Crippen molar-refractivity contribution >= 4 is 32.6 Å². The first-order chi connectivity index (χ1) is 10.5. The monoisotopic (exact) mass is 318 g/mol. The first-order valence-corrected chi connectivity index (χ1v) is 7.41. The number of aromatic nitrogens is 1. The highest BCUT2D eigenvalue weighted by molar-refractivity contribution is 7.22. The number of benzene rings is 2. The Balaban J connectivity index is 1.94. The highest BCUT2D eigenvalue weighted by Crippen LogP contribution is 2.30. The van der Waals surface area contributed by atoms with Crippen molar-refractivity contribution in [1.82, 2.24) is 4.98 Å². The SMILES string of the molecule is Cc1ccc2sc(NC(=O)c3cccc(F)c3F)nc2c1C. The molecule has 2 aromatic carbocycles. The average molecular weight is 318 g/mol. The maximum absolute atomic E-state index is 13.6. The van der Waals surface area contributed by atoms with Crippen LogP contribution in [0.1, 0.15) is 21.5 Å². The van der Waals surface area contributed by atoms with E-state index in [0.29, 0.717) is 5.13 Å². The van der Waals surface area contributed by atoms with Gasteiger partial charge in [0.2, 0.25) is 0 Å². The number of hydrogen-bond donors (Lipinski definition) is 1. The number of nitrogens with zero attached hydrogens (tertiary/aromatic N) is 1. The summed E-state index contributed by atoms with van der Waals surface area (Å²) in [6, 6.07) is 7.40. The maximum Gasteiger partial charge on any atom is 0.260 e. The predicted molar refractivity (Wildman–Crippen MR) is 83.4 cm³/mol. The lowest BCUT2D eigenvalue weighted by atomic mass is 10.1. The summed E-state index contributed by atoms with van der Waals surface area (Å²) in [6.45, 7) is 3.93. The third kappa shape index (κ3) is 2.46. The molecule has 1 N–H and O–H groups in total. The molecule has 0 saturated carbocycles. The minimum absolute atomic E-state index is 0.341. The van der Waals surface area contributed by atoms with E-state index >= 15 is 0 Å². The molecule has 3 nitrogen and oxygen atoms in total. The summed E-state index contributed by atoms with van der Waals surface area (Å²) in [5.41, 5.74) is 2.60. The Morgan fingerprint density at radius 1 is 1.18 bits per heavy atom. The van der Waals surface area contributed by atoms with Crippen LogP contribution < -0.4 is 5.32 Å². The lowest BCUT2D eigenvalue weighted by molar-refractivity contribution is 0.102. The Hall–Kier alpha value is -2.34. The summed E-state index contributed by atoms with van der Waals surface area (Å²) in [5.74, 6) is -2.93. The largest absolute Gasteiger partial charge is 0.298 e. The van der Waals surface area contributed by atoms with Gasteiger partial charge in [-0.1, -0.05) is 23.5 Å². The van der Waals surface area contributed by atoms with Crippen LogP contribution in [0.4, 0.5) is 13.9 Å². The van der Waals surface area contributed by atoms with Crippen molar-refractivity contribution in [2.75, 3.05) is 5.32 Å². The molecule has 0 unspecified atom stereocenters. The van der Waals surface area contributed by atoms with Gasteiger partial charge in [-0.3, -0.25) is 10.1 Å². The molecule has 3 rings (SSSR count). The molecule has 0 aliphatic rings. The Morgan fingerprint density at radius 2 is 1.95 bits per heavy atom. The first-order valence-electron chi connectivity index (χ1n) is 6.59. The molecule has 22 heavy (non-hydrogen) atoms. The van der Waals surface area contributed by atoms with E-state index in [4.69, 9.17) is 0 Å². The van der Waals surface area contributed by atoms with Crippen LogP contribution in [0, 0.1) is 25.5 Å². The van der Waals surface area contributed by atoms with E-state index in [2.05, 4.69) is 10.3 Å². The van der Waals surface area contributed by atoms with Gasteiger partial charge in [0.15, 0.2) is 16.8 Å². The summed E-state index contributed by atoms with van der Waals surface area (Å²) in [7, 11) is 0. The van der Waals surface area contributed by atoms with Crippen molar-refractivity contribution in [1.29, 1.82) is 0 Å². The molecule has 0 saturated heterocycles. The van der Waals surface area contributed by atoms with Gasteiger partial charge in [-0.05, 0) is 43.2 Å². The van der Waals surface area contributed by atoms with Crippen LogP contribution in [-0.2, 0) is 0 Å². The second kappa shape index (κ2) is 5.46. The Kier molecular flexibility index (Phi) is 3.62. The number of hydrogen-bond acceptors (Lipinski definition) is 3. The molecule has 0 bridgehead atoms. The zero-order valence-electron chi connectivity index (χ0n) is 11.9. The fraction of sp³-hybridized carbons (Fsp3) is 0.125. The summed E-state index contributed by atoms with van der Waals surface area (Å²) >= 11 is 1.29. The highest BCUT2D eigenvalue weighted by Gasteiger charge is 2.17. The number of carbonyl (C=O) groups excluding carboxylic acids is 1. The number of aryl methyl sites for hydroxylation is 2. The van der Waals surface area contributed by atoms with Crippen LogP contribution in [0.2, 0.25) is 0 Å². The van der Waals surface area contributed by atoms with Crippen LogP contribution in [0.15, 0.2) is 30.3 Å². The molecule has 112 valence electrons. The van der Waals surface area contributed by atoms with Gasteiger partial charge < -0.3 is 0 Å². The lowest BCUT2D eigenvalue weighted by Crippen LogP contribution is -2.14. The summed E-state index contributed by atoms with van der Waals surface area (Å²) in [6.07, 6.45) is 0. The van der Waals surface area contributed by atoms with Crippen LogP contribution in [-0.4, -0.2) is 10.9 Å². The Morgan fingerprint density at radius 3 is 2.73 bits per heavy atom. The lowest BCUT2D eigenvalue weighted by Gasteiger charge is -2.03. The molecule has 0 aliphatic carbocycles. The predicted octanol–water partition coefficient (Wildman–Crippen LogP) is 4.44. The zero-order chi connectivity index (χ0) is 15.9. The summed E-state index contributed by atoms with van der Waals surface area (Å²) in [4.78, 5) is 16.4. The average Bonchev–Trinajstić information content (AvgIpc) is 2.89. The van der Waals surface area contributed by atoms with Crippen molar-refractivity contribution in [2.45, 2.75) is 13.8 Å². The molecule has 0 radical (unpaired) electrons. The number of nitrogens with one attached hydrogen (secondary N) is 1. The molecule has 0 atom stereocenters. The number of halogens is 2. The molecule has 0 aliphatic heterocycles. The Labute approximate surface area is 129 Å². The van der Waals surface area contributed by atoms with Crippen molar-refractivity contribution in [3.05, 3.63) is 58.7 Å². The number of carbonyl (C=O) groups is 1. The molecule has 6 heteroatoms. The third-order valence-corrected chi connectivity index (χ3v) is 4.44. The highest BCUT2D eigenvalue weighted by atomic mass is 32.1. The molecular weight excluding hydrogens is 306 g/mol. The summed E-state index contributed by atoms with van der Waals surface area (Å²) < 4.78 is 27.7. The van der Waals surface area contributed by atoms with E-state index in [0.717, 1.165) is 27.4 Å². The van der Waals surface area contributed by atoms with E-state index in [1.54, 1.807) is 0 Å². The number of fused-ring (bicyclic) bond motifs is 1. The van der Waals surface area contributed by atoms with Gasteiger partial charge in [0.05, 0.1) is 15.8 Å². The number of amides is 1. The van der Waals surface area contributed by atoms with E-state index in [1.807, 2.05) is 26.0 Å². The molecule has 3 aromatic rings. The molecule has 1 amide bonds. The van der Waals surface area contributed by atoms with E-state index < -0.39 is 17.5 Å². The van der Waals surface area contributed by atoms with Gasteiger partial charge in [0.25, 0.3) is 5.91 Å². The fourth-order valence-corrected chi connectivity index (χ4v) is 3.04. The van der Waals surface area contributed by atoms with Crippen molar-refractivity contribution in [3.63, 3.8) is 0 Å². The van der Waals surface area contributed by atoms with Gasteiger partial charge in [-0.15, -0.1) is 0 Å². The molecule has 0 spiro atoms. The quantitative estimate of drug-likeness (QED) is 0.759. The number of anilines is 1. The van der Waals surface area contributed by atoms with Crippen molar-refractivity contribution in [3.8, 4) is 0 Å². The Bertz CT molecular complexity index is 889. The van der Waals surface area contributed by atoms with Gasteiger partial charge in [0.1, 0.15) is 0 Å². The van der Waals surface area contributed by atoms with Gasteiger partial charge >= 0.3 is 0 Å². The van der Waals surface area contributed by atoms with E-state index in [-0.39, 0.29) is 5.56 Å². The second-order valence-corrected chi connectivity index (χ2v) is 5.96. The normalized spacial score (nSPS) is 10.9. The zero-order valence-corrected chi connectivity index (χ0v) is 12.7. The van der Waals surface area contributed by atoms with E-state index in [1.165, 1.54) is 23.5 Å². The minimum atomic E-state index is -1.16. The smallest absolute Gasteiger partial charge is 0.260 e. The summed E-state index contributed by atoms with van der Waals surface area (Å²) in [5, 5.41) is 2.88.